The minimum Gasteiger partial charge on any atom is -0.494 e. The maximum Gasteiger partial charge on any atom is 0.165 e. The summed E-state index contributed by atoms with van der Waals surface area (Å²) in [5.41, 5.74) is 2.86. The molecule has 1 atom stereocenters. The molecule has 1 aliphatic heterocycles. The van der Waals surface area contributed by atoms with Crippen LogP contribution in [-0.2, 0) is 13.1 Å². The number of imidazole rings is 1. The van der Waals surface area contributed by atoms with Crippen molar-refractivity contribution in [2.75, 3.05) is 13.7 Å². The molecule has 1 aliphatic rings. The quantitative estimate of drug-likeness (QED) is 0.782. The fourth-order valence-electron chi connectivity index (χ4n) is 3.40. The Morgan fingerprint density at radius 1 is 1.31 bits per heavy atom. The van der Waals surface area contributed by atoms with E-state index < -0.39 is 0 Å². The van der Waals surface area contributed by atoms with Crippen molar-refractivity contribution in [3.63, 3.8) is 0 Å². The number of nitrogens with zero attached hydrogens (tertiary/aromatic N) is 4. The van der Waals surface area contributed by atoms with Crippen molar-refractivity contribution in [2.45, 2.75) is 32.5 Å². The molecule has 4 rings (SSSR count). The van der Waals surface area contributed by atoms with Gasteiger partial charge in [-0.1, -0.05) is 6.07 Å². The van der Waals surface area contributed by atoms with Gasteiger partial charge in [0.1, 0.15) is 5.69 Å². The van der Waals surface area contributed by atoms with Crippen molar-refractivity contribution < 1.29 is 9.13 Å². The van der Waals surface area contributed by atoms with Gasteiger partial charge in [0, 0.05) is 25.5 Å². The summed E-state index contributed by atoms with van der Waals surface area (Å²) in [7, 11) is 1.47. The molecule has 0 saturated heterocycles. The topological polar surface area (TPSA) is 56.9 Å². The van der Waals surface area contributed by atoms with Crippen LogP contribution in [0.25, 0.3) is 11.5 Å². The van der Waals surface area contributed by atoms with Gasteiger partial charge in [0.25, 0.3) is 0 Å². The van der Waals surface area contributed by atoms with Crippen LogP contribution in [0.1, 0.15) is 30.6 Å². The standard InChI is InChI=1S/C19H22FN5O/c1-13(14-4-5-18(26-2)16(20)10-14)24-9-7-22-19(24)17-11-15-12-21-6-3-8-25(15)23-17/h4-5,7,9-11,13,21H,3,6,8,12H2,1-2H3/t13-/m1/s1. The van der Waals surface area contributed by atoms with Gasteiger partial charge in [-0.2, -0.15) is 5.10 Å². The summed E-state index contributed by atoms with van der Waals surface area (Å²) in [6.45, 7) is 4.75. The van der Waals surface area contributed by atoms with Gasteiger partial charge < -0.3 is 14.6 Å². The molecule has 0 saturated carbocycles. The number of methoxy groups -OCH3 is 1. The lowest BCUT2D eigenvalue weighted by Crippen LogP contribution is -2.11. The molecule has 6 nitrogen and oxygen atoms in total. The zero-order chi connectivity index (χ0) is 18.1. The summed E-state index contributed by atoms with van der Waals surface area (Å²) < 4.78 is 23.2. The van der Waals surface area contributed by atoms with Crippen molar-refractivity contribution in [3.8, 4) is 17.3 Å². The highest BCUT2D eigenvalue weighted by Gasteiger charge is 2.19. The Morgan fingerprint density at radius 3 is 3.00 bits per heavy atom. The predicted molar refractivity (Wildman–Crippen MR) is 96.5 cm³/mol. The number of ether oxygens (including phenoxy) is 1. The largest absolute Gasteiger partial charge is 0.494 e. The van der Waals surface area contributed by atoms with E-state index >= 15 is 0 Å². The predicted octanol–water partition coefficient (Wildman–Crippen LogP) is 3.00. The van der Waals surface area contributed by atoms with Crippen molar-refractivity contribution in [2.24, 2.45) is 0 Å². The van der Waals surface area contributed by atoms with E-state index in [2.05, 4.69) is 16.4 Å². The molecule has 2 aromatic heterocycles. The summed E-state index contributed by atoms with van der Waals surface area (Å²) >= 11 is 0. The molecule has 0 bridgehead atoms. The number of hydrogen-bond donors (Lipinski definition) is 1. The Morgan fingerprint density at radius 2 is 2.19 bits per heavy atom. The first kappa shape index (κ1) is 16.8. The Bertz CT molecular complexity index is 893. The Hall–Kier alpha value is -2.67. The van der Waals surface area contributed by atoms with Gasteiger partial charge in [0.15, 0.2) is 17.4 Å². The fraction of sp³-hybridized carbons (Fsp3) is 0.368. The number of fused-ring (bicyclic) bond motifs is 1. The molecule has 0 spiro atoms. The number of aryl methyl sites for hydroxylation is 1. The highest BCUT2D eigenvalue weighted by Crippen LogP contribution is 2.28. The van der Waals surface area contributed by atoms with E-state index in [4.69, 9.17) is 9.84 Å². The van der Waals surface area contributed by atoms with Gasteiger partial charge in [-0.15, -0.1) is 0 Å². The van der Waals surface area contributed by atoms with E-state index in [1.54, 1.807) is 12.3 Å². The monoisotopic (exact) mass is 355 g/mol. The molecule has 0 unspecified atom stereocenters. The van der Waals surface area contributed by atoms with E-state index in [1.807, 2.05) is 28.4 Å². The second kappa shape index (κ2) is 6.92. The highest BCUT2D eigenvalue weighted by molar-refractivity contribution is 5.51. The van der Waals surface area contributed by atoms with Gasteiger partial charge in [0.05, 0.1) is 18.8 Å². The second-order valence-corrected chi connectivity index (χ2v) is 6.50. The molecule has 0 fully saturated rings. The first-order chi connectivity index (χ1) is 12.7. The SMILES string of the molecule is COc1ccc([C@@H](C)n2ccnc2-c2cc3n(n2)CCCNC3)cc1F. The van der Waals surface area contributed by atoms with Crippen molar-refractivity contribution in [1.82, 2.24) is 24.6 Å². The zero-order valence-corrected chi connectivity index (χ0v) is 14.9. The third-order valence-corrected chi connectivity index (χ3v) is 4.87. The molecule has 1 N–H and O–H groups in total. The second-order valence-electron chi connectivity index (χ2n) is 6.50. The third-order valence-electron chi connectivity index (χ3n) is 4.87. The molecule has 0 aliphatic carbocycles. The summed E-state index contributed by atoms with van der Waals surface area (Å²) in [5.74, 6) is 0.671. The van der Waals surface area contributed by atoms with E-state index in [9.17, 15) is 4.39 Å². The molecule has 0 radical (unpaired) electrons. The molecular weight excluding hydrogens is 333 g/mol. The van der Waals surface area contributed by atoms with E-state index in [0.29, 0.717) is 0 Å². The van der Waals surface area contributed by atoms with Gasteiger partial charge in [0.2, 0.25) is 0 Å². The van der Waals surface area contributed by atoms with Crippen molar-refractivity contribution >= 4 is 0 Å². The number of rotatable bonds is 4. The van der Waals surface area contributed by atoms with Crippen molar-refractivity contribution in [3.05, 3.63) is 53.7 Å². The number of halogens is 1. The van der Waals surface area contributed by atoms with Crippen LogP contribution < -0.4 is 10.1 Å². The molecule has 136 valence electrons. The Kier molecular flexibility index (Phi) is 4.46. The lowest BCUT2D eigenvalue weighted by Gasteiger charge is -2.17. The molecule has 1 aromatic carbocycles. The smallest absolute Gasteiger partial charge is 0.165 e. The van der Waals surface area contributed by atoms with Gasteiger partial charge >= 0.3 is 0 Å². The zero-order valence-electron chi connectivity index (χ0n) is 14.9. The normalized spacial score (nSPS) is 15.3. The maximum atomic E-state index is 14.1. The first-order valence-corrected chi connectivity index (χ1v) is 8.81. The van der Waals surface area contributed by atoms with Crippen LogP contribution in [0.4, 0.5) is 4.39 Å². The minimum absolute atomic E-state index is 0.0764. The summed E-state index contributed by atoms with van der Waals surface area (Å²) in [4.78, 5) is 4.50. The van der Waals surface area contributed by atoms with Crippen LogP contribution in [-0.4, -0.2) is 33.0 Å². The summed E-state index contributed by atoms with van der Waals surface area (Å²) in [6, 6.07) is 7.05. The van der Waals surface area contributed by atoms with E-state index in [0.717, 1.165) is 48.8 Å². The lowest BCUT2D eigenvalue weighted by atomic mass is 10.1. The lowest BCUT2D eigenvalue weighted by molar-refractivity contribution is 0.385. The maximum absolute atomic E-state index is 14.1. The molecule has 3 heterocycles. The van der Waals surface area contributed by atoms with E-state index in [-0.39, 0.29) is 17.6 Å². The van der Waals surface area contributed by atoms with Crippen molar-refractivity contribution in [1.29, 1.82) is 0 Å². The molecular formula is C19H22FN5O. The fourth-order valence-corrected chi connectivity index (χ4v) is 3.40. The molecule has 7 heteroatoms. The van der Waals surface area contributed by atoms with Gasteiger partial charge in [-0.3, -0.25) is 4.68 Å². The molecule has 26 heavy (non-hydrogen) atoms. The third kappa shape index (κ3) is 2.99. The van der Waals surface area contributed by atoms with Gasteiger partial charge in [-0.05, 0) is 43.7 Å². The number of benzene rings is 1. The molecule has 3 aromatic rings. The van der Waals surface area contributed by atoms with E-state index in [1.165, 1.54) is 13.2 Å². The average Bonchev–Trinajstić information content (AvgIpc) is 3.23. The van der Waals surface area contributed by atoms with Gasteiger partial charge in [-0.25, -0.2) is 9.37 Å². The first-order valence-electron chi connectivity index (χ1n) is 8.81. The van der Waals surface area contributed by atoms with Crippen LogP contribution in [0.3, 0.4) is 0 Å². The Balaban J connectivity index is 1.67. The van der Waals surface area contributed by atoms with Crippen LogP contribution >= 0.6 is 0 Å². The Labute approximate surface area is 151 Å². The number of aromatic nitrogens is 4. The number of nitrogens with one attached hydrogen (secondary N) is 1. The van der Waals surface area contributed by atoms with Crippen LogP contribution in [0.15, 0.2) is 36.7 Å². The van der Waals surface area contributed by atoms with Crippen LogP contribution in [0.2, 0.25) is 0 Å². The van der Waals surface area contributed by atoms with Crippen LogP contribution in [0, 0.1) is 5.82 Å². The minimum atomic E-state index is -0.363. The summed E-state index contributed by atoms with van der Waals surface area (Å²) in [5, 5.41) is 8.13. The van der Waals surface area contributed by atoms with Crippen LogP contribution in [0.5, 0.6) is 5.75 Å². The summed E-state index contributed by atoms with van der Waals surface area (Å²) in [6.07, 6.45) is 4.73. The molecule has 0 amide bonds. The highest BCUT2D eigenvalue weighted by atomic mass is 19.1. The average molecular weight is 355 g/mol. The number of hydrogen-bond acceptors (Lipinski definition) is 4.